The van der Waals surface area contributed by atoms with Gasteiger partial charge in [-0.2, -0.15) is 4.98 Å². The lowest BCUT2D eigenvalue weighted by Crippen LogP contribution is -2.13. The van der Waals surface area contributed by atoms with Crippen LogP contribution in [0.2, 0.25) is 5.02 Å². The van der Waals surface area contributed by atoms with Gasteiger partial charge in [-0.25, -0.2) is 4.39 Å². The smallest absolute Gasteiger partial charge is 0.243 e. The van der Waals surface area contributed by atoms with Gasteiger partial charge in [0.05, 0.1) is 11.1 Å². The molecule has 0 saturated heterocycles. The summed E-state index contributed by atoms with van der Waals surface area (Å²) in [5, 5.41) is 3.87. The zero-order valence-corrected chi connectivity index (χ0v) is 11.7. The average molecular weight is 300 g/mol. The van der Waals surface area contributed by atoms with Gasteiger partial charge < -0.3 is 15.0 Å². The van der Waals surface area contributed by atoms with E-state index in [0.29, 0.717) is 30.3 Å². The van der Waals surface area contributed by atoms with E-state index < -0.39 is 5.82 Å². The number of hydrogen-bond acceptors (Lipinski definition) is 5. The van der Waals surface area contributed by atoms with E-state index in [1.165, 1.54) is 6.07 Å². The molecule has 1 aromatic heterocycles. The van der Waals surface area contributed by atoms with Gasteiger partial charge in [0.25, 0.3) is 0 Å². The molecule has 0 aliphatic heterocycles. The van der Waals surface area contributed by atoms with Crippen molar-refractivity contribution in [3.05, 3.63) is 46.3 Å². The van der Waals surface area contributed by atoms with Crippen LogP contribution in [-0.4, -0.2) is 23.9 Å². The number of halogens is 2. The Morgan fingerprint density at radius 2 is 2.30 bits per heavy atom. The van der Waals surface area contributed by atoms with Gasteiger partial charge in [-0.3, -0.25) is 0 Å². The van der Waals surface area contributed by atoms with E-state index in [9.17, 15) is 4.39 Å². The Kier molecular flexibility index (Phi) is 5.05. The van der Waals surface area contributed by atoms with E-state index in [1.54, 1.807) is 19.2 Å². The zero-order chi connectivity index (χ0) is 14.5. The number of methoxy groups -OCH3 is 1. The van der Waals surface area contributed by atoms with Crippen molar-refractivity contribution in [3.8, 4) is 0 Å². The molecule has 1 unspecified atom stereocenters. The maximum absolute atomic E-state index is 13.8. The third kappa shape index (κ3) is 3.53. The number of hydrogen-bond donors (Lipinski definition) is 1. The van der Waals surface area contributed by atoms with Crippen molar-refractivity contribution < 1.29 is 13.7 Å². The molecule has 1 aromatic carbocycles. The fourth-order valence-electron chi connectivity index (χ4n) is 1.71. The Morgan fingerprint density at radius 1 is 1.50 bits per heavy atom. The minimum Gasteiger partial charge on any atom is -0.385 e. The van der Waals surface area contributed by atoms with E-state index in [1.807, 2.05) is 0 Å². The van der Waals surface area contributed by atoms with Gasteiger partial charge in [0.15, 0.2) is 5.82 Å². The van der Waals surface area contributed by atoms with Crippen LogP contribution >= 0.6 is 11.6 Å². The fraction of sp³-hybridized carbons (Fsp3) is 0.385. The van der Waals surface area contributed by atoms with Crippen LogP contribution in [0.1, 0.15) is 29.7 Å². The molecule has 0 saturated carbocycles. The molecule has 20 heavy (non-hydrogen) atoms. The second kappa shape index (κ2) is 6.78. The molecule has 7 heteroatoms. The van der Waals surface area contributed by atoms with Crippen LogP contribution in [0.25, 0.3) is 0 Å². The van der Waals surface area contributed by atoms with Crippen molar-refractivity contribution in [2.24, 2.45) is 5.73 Å². The van der Waals surface area contributed by atoms with Crippen molar-refractivity contribution >= 4 is 11.6 Å². The van der Waals surface area contributed by atoms with Crippen LogP contribution in [-0.2, 0) is 11.2 Å². The lowest BCUT2D eigenvalue weighted by atomic mass is 10.1. The predicted molar refractivity (Wildman–Crippen MR) is 71.9 cm³/mol. The number of rotatable bonds is 6. The standard InChI is InChI=1S/C13H15ClFN3O2/c1-19-6-5-10(16)13-17-11(18-20-13)7-8-3-2-4-9(14)12(8)15/h2-4,10H,5-7,16H2,1H3. The molecule has 1 heterocycles. The molecule has 0 fully saturated rings. The molecule has 2 rings (SSSR count). The summed E-state index contributed by atoms with van der Waals surface area (Å²) in [5.74, 6) is 0.220. The van der Waals surface area contributed by atoms with Gasteiger partial charge >= 0.3 is 0 Å². The number of ether oxygens (including phenoxy) is 1. The maximum Gasteiger partial charge on any atom is 0.243 e. The molecule has 0 spiro atoms. The predicted octanol–water partition coefficient (Wildman–Crippen LogP) is 2.49. The monoisotopic (exact) mass is 299 g/mol. The van der Waals surface area contributed by atoms with Crippen LogP contribution < -0.4 is 5.73 Å². The Hall–Kier alpha value is -1.50. The van der Waals surface area contributed by atoms with Gasteiger partial charge in [-0.05, 0) is 18.1 Å². The topological polar surface area (TPSA) is 74.2 Å². The Balaban J connectivity index is 2.07. The first-order valence-corrected chi connectivity index (χ1v) is 6.49. The SMILES string of the molecule is COCCC(N)c1nc(Cc2cccc(Cl)c2F)no1. The second-order valence-electron chi connectivity index (χ2n) is 4.33. The van der Waals surface area contributed by atoms with Gasteiger partial charge in [0.1, 0.15) is 5.82 Å². The van der Waals surface area contributed by atoms with Crippen LogP contribution in [0.15, 0.2) is 22.7 Å². The summed E-state index contributed by atoms with van der Waals surface area (Å²) in [4.78, 5) is 4.16. The Labute approximate surface area is 120 Å². The highest BCUT2D eigenvalue weighted by Gasteiger charge is 2.16. The van der Waals surface area contributed by atoms with E-state index in [2.05, 4.69) is 10.1 Å². The van der Waals surface area contributed by atoms with Crippen molar-refractivity contribution in [1.82, 2.24) is 10.1 Å². The lowest BCUT2D eigenvalue weighted by Gasteiger charge is -2.04. The highest BCUT2D eigenvalue weighted by atomic mass is 35.5. The Morgan fingerprint density at radius 3 is 3.05 bits per heavy atom. The first kappa shape index (κ1) is 14.9. The molecule has 108 valence electrons. The zero-order valence-electron chi connectivity index (χ0n) is 11.0. The molecule has 0 bridgehead atoms. The van der Waals surface area contributed by atoms with Gasteiger partial charge in [0.2, 0.25) is 5.89 Å². The molecular formula is C13H15ClFN3O2. The quantitative estimate of drug-likeness (QED) is 0.887. The first-order chi connectivity index (χ1) is 9.61. The molecule has 2 N–H and O–H groups in total. The van der Waals surface area contributed by atoms with Gasteiger partial charge in [-0.15, -0.1) is 0 Å². The van der Waals surface area contributed by atoms with Crippen molar-refractivity contribution in [1.29, 1.82) is 0 Å². The molecule has 1 atom stereocenters. The molecule has 0 aliphatic carbocycles. The molecule has 2 aromatic rings. The fourth-order valence-corrected chi connectivity index (χ4v) is 1.91. The van der Waals surface area contributed by atoms with Crippen LogP contribution in [0, 0.1) is 5.82 Å². The van der Waals surface area contributed by atoms with Gasteiger partial charge in [0, 0.05) is 20.1 Å². The Bertz CT molecular complexity index is 576. The summed E-state index contributed by atoms with van der Waals surface area (Å²) in [5.41, 5.74) is 6.28. The molecule has 0 amide bonds. The highest BCUT2D eigenvalue weighted by Crippen LogP contribution is 2.20. The number of nitrogens with zero attached hydrogens (tertiary/aromatic N) is 2. The summed E-state index contributed by atoms with van der Waals surface area (Å²) in [6.07, 6.45) is 0.774. The maximum atomic E-state index is 13.8. The number of benzene rings is 1. The van der Waals surface area contributed by atoms with Crippen LogP contribution in [0.5, 0.6) is 0 Å². The van der Waals surface area contributed by atoms with E-state index in [4.69, 9.17) is 26.6 Å². The average Bonchev–Trinajstić information content (AvgIpc) is 2.90. The molecule has 5 nitrogen and oxygen atoms in total. The van der Waals surface area contributed by atoms with E-state index in [-0.39, 0.29) is 17.5 Å². The van der Waals surface area contributed by atoms with Crippen molar-refractivity contribution in [2.75, 3.05) is 13.7 Å². The van der Waals surface area contributed by atoms with Crippen LogP contribution in [0.4, 0.5) is 4.39 Å². The largest absolute Gasteiger partial charge is 0.385 e. The van der Waals surface area contributed by atoms with Crippen molar-refractivity contribution in [2.45, 2.75) is 18.9 Å². The lowest BCUT2D eigenvalue weighted by molar-refractivity contribution is 0.182. The molecular weight excluding hydrogens is 285 g/mol. The van der Waals surface area contributed by atoms with Crippen molar-refractivity contribution in [3.63, 3.8) is 0 Å². The molecule has 0 radical (unpaired) electrons. The van der Waals surface area contributed by atoms with Crippen LogP contribution in [0.3, 0.4) is 0 Å². The third-order valence-electron chi connectivity index (χ3n) is 2.81. The minimum absolute atomic E-state index is 0.0722. The summed E-state index contributed by atoms with van der Waals surface area (Å²) in [6.45, 7) is 0.502. The number of aromatic nitrogens is 2. The molecule has 0 aliphatic rings. The summed E-state index contributed by atoms with van der Waals surface area (Å²) < 4.78 is 23.8. The minimum atomic E-state index is -0.468. The van der Waals surface area contributed by atoms with E-state index in [0.717, 1.165) is 0 Å². The summed E-state index contributed by atoms with van der Waals surface area (Å²) >= 11 is 5.72. The van der Waals surface area contributed by atoms with Gasteiger partial charge in [-0.1, -0.05) is 28.9 Å². The summed E-state index contributed by atoms with van der Waals surface area (Å²) in [7, 11) is 1.59. The van der Waals surface area contributed by atoms with E-state index >= 15 is 0 Å². The normalized spacial score (nSPS) is 12.6. The third-order valence-corrected chi connectivity index (χ3v) is 3.11. The summed E-state index contributed by atoms with van der Waals surface area (Å²) in [6, 6.07) is 4.40. The number of nitrogens with two attached hydrogens (primary N) is 1. The first-order valence-electron chi connectivity index (χ1n) is 6.11. The highest BCUT2D eigenvalue weighted by molar-refractivity contribution is 6.30. The second-order valence-corrected chi connectivity index (χ2v) is 4.73.